The summed E-state index contributed by atoms with van der Waals surface area (Å²) in [6.45, 7) is 4.18. The fraction of sp³-hybridized carbons (Fsp3) is 0.136. The van der Waals surface area contributed by atoms with E-state index in [1.54, 1.807) is 4.90 Å². The first kappa shape index (κ1) is 16.7. The molecule has 0 saturated heterocycles. The molecule has 0 radical (unpaired) electrons. The van der Waals surface area contributed by atoms with Gasteiger partial charge in [0, 0.05) is 27.5 Å². The largest absolute Gasteiger partial charge is 0.361 e. The minimum Gasteiger partial charge on any atom is -0.361 e. The van der Waals surface area contributed by atoms with Crippen molar-refractivity contribution in [2.24, 2.45) is 0 Å². The second kappa shape index (κ2) is 6.50. The Bertz CT molecular complexity index is 982. The summed E-state index contributed by atoms with van der Waals surface area (Å²) in [4.78, 5) is 14.9. The summed E-state index contributed by atoms with van der Waals surface area (Å²) in [6, 6.07) is 21.3. The van der Waals surface area contributed by atoms with Crippen molar-refractivity contribution in [1.82, 2.24) is 0 Å². The van der Waals surface area contributed by atoms with Crippen LogP contribution in [0.15, 0.2) is 66.7 Å². The number of nitrogens with zero attached hydrogens (tertiary/aromatic N) is 1. The molecule has 0 aromatic heterocycles. The molecule has 3 aromatic carbocycles. The van der Waals surface area contributed by atoms with Gasteiger partial charge in [-0.05, 0) is 61.4 Å². The number of hydrogen-bond donors (Lipinski definition) is 1. The maximum absolute atomic E-state index is 13.1. The highest BCUT2D eigenvalue weighted by molar-refractivity contribution is 6.30. The molecular formula is C22H19ClN2O. The smallest absolute Gasteiger partial charge is 0.260 e. The van der Waals surface area contributed by atoms with Gasteiger partial charge in [-0.1, -0.05) is 41.9 Å². The molecule has 0 bridgehead atoms. The van der Waals surface area contributed by atoms with Crippen LogP contribution in [0.5, 0.6) is 0 Å². The summed E-state index contributed by atoms with van der Waals surface area (Å²) in [5.74, 6) is -0.00858. The quantitative estimate of drug-likeness (QED) is 0.645. The molecule has 1 aliphatic heterocycles. The lowest BCUT2D eigenvalue weighted by molar-refractivity contribution is 0.0993. The standard InChI is InChI=1S/C22H19ClN2O/c1-14-6-5-9-20(15(14)2)24-21-18-7-3-4-8-19(18)22(26)25(21)17-12-10-16(23)11-13-17/h3-13,21,24H,1-2H3/t21-/m1/s1. The molecule has 0 aliphatic carbocycles. The first-order valence-corrected chi connectivity index (χ1v) is 8.95. The molecule has 3 aromatic rings. The van der Waals surface area contributed by atoms with Gasteiger partial charge < -0.3 is 5.32 Å². The molecule has 0 fully saturated rings. The molecule has 1 heterocycles. The molecule has 1 atom stereocenters. The number of carbonyl (C=O) groups is 1. The molecule has 4 rings (SSSR count). The van der Waals surface area contributed by atoms with Crippen molar-refractivity contribution in [3.05, 3.63) is 94.0 Å². The third-order valence-electron chi connectivity index (χ3n) is 4.96. The molecule has 0 unspecified atom stereocenters. The Morgan fingerprint density at radius 3 is 2.42 bits per heavy atom. The van der Waals surface area contributed by atoms with E-state index in [4.69, 9.17) is 11.6 Å². The summed E-state index contributed by atoms with van der Waals surface area (Å²) in [7, 11) is 0. The number of rotatable bonds is 3. The molecule has 0 spiro atoms. The van der Waals surface area contributed by atoms with Gasteiger partial charge in [-0.2, -0.15) is 0 Å². The van der Waals surface area contributed by atoms with E-state index < -0.39 is 0 Å². The van der Waals surface area contributed by atoms with Crippen molar-refractivity contribution in [3.8, 4) is 0 Å². The van der Waals surface area contributed by atoms with Gasteiger partial charge in [-0.3, -0.25) is 9.69 Å². The van der Waals surface area contributed by atoms with Crippen LogP contribution in [0.4, 0.5) is 11.4 Å². The molecular weight excluding hydrogens is 344 g/mol. The van der Waals surface area contributed by atoms with Gasteiger partial charge >= 0.3 is 0 Å². The first-order chi connectivity index (χ1) is 12.6. The highest BCUT2D eigenvalue weighted by Gasteiger charge is 2.37. The van der Waals surface area contributed by atoms with Crippen LogP contribution in [0, 0.1) is 13.8 Å². The molecule has 26 heavy (non-hydrogen) atoms. The van der Waals surface area contributed by atoms with Gasteiger partial charge in [0.25, 0.3) is 5.91 Å². The fourth-order valence-electron chi connectivity index (χ4n) is 3.38. The predicted molar refractivity (Wildman–Crippen MR) is 107 cm³/mol. The number of aryl methyl sites for hydroxylation is 1. The van der Waals surface area contributed by atoms with Crippen molar-refractivity contribution in [2.75, 3.05) is 10.2 Å². The summed E-state index contributed by atoms with van der Waals surface area (Å²) in [5, 5.41) is 4.22. The van der Waals surface area contributed by atoms with E-state index in [0.29, 0.717) is 5.02 Å². The lowest BCUT2D eigenvalue weighted by Crippen LogP contribution is -2.32. The number of halogens is 1. The topological polar surface area (TPSA) is 32.3 Å². The SMILES string of the molecule is Cc1cccc(N[C@H]2c3ccccc3C(=O)N2c2ccc(Cl)cc2)c1C. The lowest BCUT2D eigenvalue weighted by Gasteiger charge is -2.28. The van der Waals surface area contributed by atoms with Gasteiger partial charge in [0.05, 0.1) is 0 Å². The van der Waals surface area contributed by atoms with E-state index in [9.17, 15) is 4.79 Å². The van der Waals surface area contributed by atoms with Crippen LogP contribution >= 0.6 is 11.6 Å². The zero-order valence-corrected chi connectivity index (χ0v) is 15.4. The minimum absolute atomic E-state index is 0.00858. The van der Waals surface area contributed by atoms with Gasteiger partial charge in [0.2, 0.25) is 0 Å². The van der Waals surface area contributed by atoms with Crippen LogP contribution in [-0.2, 0) is 0 Å². The van der Waals surface area contributed by atoms with Crippen molar-refractivity contribution in [2.45, 2.75) is 20.0 Å². The Morgan fingerprint density at radius 1 is 0.923 bits per heavy atom. The van der Waals surface area contributed by atoms with E-state index in [-0.39, 0.29) is 12.1 Å². The third-order valence-corrected chi connectivity index (χ3v) is 5.22. The monoisotopic (exact) mass is 362 g/mol. The van der Waals surface area contributed by atoms with Crippen molar-refractivity contribution in [3.63, 3.8) is 0 Å². The Labute approximate surface area is 158 Å². The fourth-order valence-corrected chi connectivity index (χ4v) is 3.51. The molecule has 1 aliphatic rings. The molecule has 1 N–H and O–H groups in total. The Morgan fingerprint density at radius 2 is 1.65 bits per heavy atom. The second-order valence-electron chi connectivity index (χ2n) is 6.53. The Kier molecular flexibility index (Phi) is 4.17. The van der Waals surface area contributed by atoms with Crippen molar-refractivity contribution >= 4 is 28.9 Å². The molecule has 130 valence electrons. The van der Waals surface area contributed by atoms with Crippen LogP contribution in [0.25, 0.3) is 0 Å². The number of nitrogens with one attached hydrogen (secondary N) is 1. The number of anilines is 2. The molecule has 3 nitrogen and oxygen atoms in total. The maximum atomic E-state index is 13.1. The van der Waals surface area contributed by atoms with Gasteiger partial charge in [-0.25, -0.2) is 0 Å². The number of carbonyl (C=O) groups excluding carboxylic acids is 1. The van der Waals surface area contributed by atoms with Crippen LogP contribution < -0.4 is 10.2 Å². The average Bonchev–Trinajstić information content (AvgIpc) is 2.92. The van der Waals surface area contributed by atoms with Gasteiger partial charge in [-0.15, -0.1) is 0 Å². The Balaban J connectivity index is 1.81. The number of amides is 1. The minimum atomic E-state index is -0.264. The molecule has 1 amide bonds. The summed E-state index contributed by atoms with van der Waals surface area (Å²) < 4.78 is 0. The van der Waals surface area contributed by atoms with E-state index >= 15 is 0 Å². The highest BCUT2D eigenvalue weighted by atomic mass is 35.5. The maximum Gasteiger partial charge on any atom is 0.260 e. The second-order valence-corrected chi connectivity index (χ2v) is 6.97. The zero-order valence-electron chi connectivity index (χ0n) is 14.7. The lowest BCUT2D eigenvalue weighted by atomic mass is 10.1. The highest BCUT2D eigenvalue weighted by Crippen LogP contribution is 2.38. The summed E-state index contributed by atoms with van der Waals surface area (Å²) >= 11 is 6.03. The van der Waals surface area contributed by atoms with Crippen molar-refractivity contribution < 1.29 is 4.79 Å². The summed E-state index contributed by atoms with van der Waals surface area (Å²) in [5.41, 5.74) is 5.95. The van der Waals surface area contributed by atoms with E-state index in [1.165, 1.54) is 11.1 Å². The zero-order chi connectivity index (χ0) is 18.3. The van der Waals surface area contributed by atoms with Gasteiger partial charge in [0.15, 0.2) is 0 Å². The van der Waals surface area contributed by atoms with Gasteiger partial charge in [0.1, 0.15) is 6.17 Å². The first-order valence-electron chi connectivity index (χ1n) is 8.57. The Hall–Kier alpha value is -2.78. The van der Waals surface area contributed by atoms with Crippen molar-refractivity contribution in [1.29, 1.82) is 0 Å². The third kappa shape index (κ3) is 2.74. The molecule has 0 saturated carbocycles. The number of benzene rings is 3. The van der Waals surface area contributed by atoms with E-state index in [1.807, 2.05) is 60.7 Å². The normalized spacial score (nSPS) is 15.9. The van der Waals surface area contributed by atoms with Crippen LogP contribution in [0.2, 0.25) is 5.02 Å². The predicted octanol–water partition coefficient (Wildman–Crippen LogP) is 5.73. The van der Waals surface area contributed by atoms with Crippen LogP contribution in [0.3, 0.4) is 0 Å². The van der Waals surface area contributed by atoms with E-state index in [2.05, 4.69) is 25.2 Å². The number of fused-ring (bicyclic) bond motifs is 1. The number of hydrogen-bond acceptors (Lipinski definition) is 2. The average molecular weight is 363 g/mol. The van der Waals surface area contributed by atoms with E-state index in [0.717, 1.165) is 22.5 Å². The molecule has 4 heteroatoms. The van der Waals surface area contributed by atoms with Crippen LogP contribution in [0.1, 0.15) is 33.2 Å². The van der Waals surface area contributed by atoms with Crippen LogP contribution in [-0.4, -0.2) is 5.91 Å². The summed E-state index contributed by atoms with van der Waals surface area (Å²) in [6.07, 6.45) is -0.264.